The average molecular weight is 463 g/mol. The van der Waals surface area contributed by atoms with Crippen LogP contribution in [0.1, 0.15) is 0 Å². The first kappa shape index (κ1) is 22.1. The van der Waals surface area contributed by atoms with Gasteiger partial charge >= 0.3 is 0 Å². The van der Waals surface area contributed by atoms with Crippen LogP contribution in [0.2, 0.25) is 0 Å². The first-order valence-electron chi connectivity index (χ1n) is 8.65. The lowest BCUT2D eigenvalue weighted by Gasteiger charge is -2.11. The standard InChI is InChI=1S/C19H17N3O7S2/c1-29-17-9-5-14(6-10-17)20-30(25,26)18-11-7-15(8-12-18)21-31(27,28)19-4-2-3-16(13-19)22(23)24/h2-13,20-21H,1H3. The summed E-state index contributed by atoms with van der Waals surface area (Å²) >= 11 is 0. The van der Waals surface area contributed by atoms with Gasteiger partial charge in [-0.2, -0.15) is 0 Å². The number of nitrogens with zero attached hydrogens (tertiary/aromatic N) is 1. The minimum absolute atomic E-state index is 0.0818. The third kappa shape index (κ3) is 5.29. The van der Waals surface area contributed by atoms with Crippen LogP contribution in [-0.4, -0.2) is 28.9 Å². The van der Waals surface area contributed by atoms with Crippen molar-refractivity contribution in [2.75, 3.05) is 16.6 Å². The van der Waals surface area contributed by atoms with E-state index < -0.39 is 25.0 Å². The maximum absolute atomic E-state index is 12.5. The Labute approximate surface area is 178 Å². The fraction of sp³-hybridized carbons (Fsp3) is 0.0526. The van der Waals surface area contributed by atoms with Crippen molar-refractivity contribution in [3.8, 4) is 5.75 Å². The number of anilines is 2. The SMILES string of the molecule is COc1ccc(NS(=O)(=O)c2ccc(NS(=O)(=O)c3cccc([N+](=O)[O-])c3)cc2)cc1. The number of ether oxygens (including phenoxy) is 1. The minimum atomic E-state index is -4.10. The number of non-ortho nitro benzene ring substituents is 1. The molecule has 0 amide bonds. The molecule has 0 aromatic heterocycles. The molecule has 0 aliphatic heterocycles. The monoisotopic (exact) mass is 463 g/mol. The first-order chi connectivity index (χ1) is 14.6. The fourth-order valence-electron chi connectivity index (χ4n) is 2.55. The van der Waals surface area contributed by atoms with Crippen LogP contribution in [0.3, 0.4) is 0 Å². The van der Waals surface area contributed by atoms with Gasteiger partial charge in [0.1, 0.15) is 5.75 Å². The normalized spacial score (nSPS) is 11.5. The van der Waals surface area contributed by atoms with Crippen LogP contribution in [0, 0.1) is 10.1 Å². The molecule has 162 valence electrons. The highest BCUT2D eigenvalue weighted by Crippen LogP contribution is 2.23. The van der Waals surface area contributed by atoms with E-state index in [9.17, 15) is 26.9 Å². The maximum atomic E-state index is 12.5. The zero-order valence-electron chi connectivity index (χ0n) is 16.0. The van der Waals surface area contributed by atoms with Gasteiger partial charge in [0.15, 0.2) is 0 Å². The zero-order valence-corrected chi connectivity index (χ0v) is 17.7. The summed E-state index contributed by atoms with van der Waals surface area (Å²) in [6.45, 7) is 0. The molecule has 0 bridgehead atoms. The van der Waals surface area contributed by atoms with Gasteiger partial charge in [0.2, 0.25) is 0 Å². The Morgan fingerprint density at radius 2 is 1.29 bits per heavy atom. The second-order valence-corrected chi connectivity index (χ2v) is 9.58. The number of nitro groups is 1. The lowest BCUT2D eigenvalue weighted by Crippen LogP contribution is -2.14. The van der Waals surface area contributed by atoms with Gasteiger partial charge in [-0.05, 0) is 54.6 Å². The molecule has 31 heavy (non-hydrogen) atoms. The first-order valence-corrected chi connectivity index (χ1v) is 11.6. The Bertz CT molecular complexity index is 1310. The Hall–Kier alpha value is -3.64. The van der Waals surface area contributed by atoms with Crippen LogP contribution in [0.15, 0.2) is 82.6 Å². The largest absolute Gasteiger partial charge is 0.497 e. The van der Waals surface area contributed by atoms with Crippen molar-refractivity contribution in [1.29, 1.82) is 0 Å². The second-order valence-electron chi connectivity index (χ2n) is 6.22. The highest BCUT2D eigenvalue weighted by Gasteiger charge is 2.19. The number of rotatable bonds is 8. The molecule has 3 rings (SSSR count). The summed E-state index contributed by atoms with van der Waals surface area (Å²) in [4.78, 5) is 9.78. The molecule has 0 fully saturated rings. The lowest BCUT2D eigenvalue weighted by molar-refractivity contribution is -0.385. The van der Waals surface area contributed by atoms with E-state index in [0.717, 1.165) is 6.07 Å². The van der Waals surface area contributed by atoms with Gasteiger partial charge < -0.3 is 4.74 Å². The lowest BCUT2D eigenvalue weighted by atomic mass is 10.3. The van der Waals surface area contributed by atoms with Gasteiger partial charge in [0.05, 0.1) is 21.8 Å². The van der Waals surface area contributed by atoms with Crippen molar-refractivity contribution in [2.45, 2.75) is 9.79 Å². The molecule has 0 unspecified atom stereocenters. The quantitative estimate of drug-likeness (QED) is 0.385. The Balaban J connectivity index is 1.77. The highest BCUT2D eigenvalue weighted by atomic mass is 32.2. The molecular formula is C19H17N3O7S2. The van der Waals surface area contributed by atoms with Crippen LogP contribution >= 0.6 is 0 Å². The molecule has 0 radical (unpaired) electrons. The molecule has 0 atom stereocenters. The van der Waals surface area contributed by atoms with Crippen molar-refractivity contribution >= 4 is 37.1 Å². The average Bonchev–Trinajstić information content (AvgIpc) is 2.74. The van der Waals surface area contributed by atoms with Gasteiger partial charge in [-0.15, -0.1) is 0 Å². The van der Waals surface area contributed by atoms with Crippen molar-refractivity contribution in [3.63, 3.8) is 0 Å². The maximum Gasteiger partial charge on any atom is 0.270 e. The van der Waals surface area contributed by atoms with Gasteiger partial charge in [-0.3, -0.25) is 19.6 Å². The number of hydrogen-bond acceptors (Lipinski definition) is 7. The Morgan fingerprint density at radius 1 is 0.774 bits per heavy atom. The molecule has 12 heteroatoms. The van der Waals surface area contributed by atoms with Crippen LogP contribution < -0.4 is 14.2 Å². The summed E-state index contributed by atoms with van der Waals surface area (Å²) in [6.07, 6.45) is 0. The number of nitro benzene ring substituents is 1. The molecule has 0 heterocycles. The number of nitrogens with one attached hydrogen (secondary N) is 2. The predicted molar refractivity (Wildman–Crippen MR) is 114 cm³/mol. The molecule has 0 aliphatic rings. The van der Waals surface area contributed by atoms with Crippen LogP contribution in [0.25, 0.3) is 0 Å². The van der Waals surface area contributed by atoms with Crippen molar-refractivity contribution in [3.05, 3.63) is 82.9 Å². The third-order valence-corrected chi connectivity index (χ3v) is 6.87. The molecule has 0 spiro atoms. The smallest absolute Gasteiger partial charge is 0.270 e. The van der Waals surface area contributed by atoms with Crippen LogP contribution in [0.4, 0.5) is 17.1 Å². The van der Waals surface area contributed by atoms with Gasteiger partial charge in [-0.25, -0.2) is 16.8 Å². The van der Waals surface area contributed by atoms with E-state index in [1.54, 1.807) is 12.1 Å². The number of hydrogen-bond donors (Lipinski definition) is 2. The summed E-state index contributed by atoms with van der Waals surface area (Å²) in [5, 5.41) is 10.9. The summed E-state index contributed by atoms with van der Waals surface area (Å²) in [5.41, 5.74) is 0.0556. The summed E-state index contributed by atoms with van der Waals surface area (Å²) in [6, 6.07) is 15.9. The minimum Gasteiger partial charge on any atom is -0.497 e. The second kappa shape index (κ2) is 8.62. The molecule has 3 aromatic rings. The molecule has 0 aliphatic carbocycles. The van der Waals surface area contributed by atoms with Crippen molar-refractivity contribution < 1.29 is 26.5 Å². The Morgan fingerprint density at radius 3 is 1.81 bits per heavy atom. The van der Waals surface area contributed by atoms with Gasteiger partial charge in [-0.1, -0.05) is 6.07 Å². The zero-order chi connectivity index (χ0) is 22.6. The van der Waals surface area contributed by atoms with Crippen molar-refractivity contribution in [2.24, 2.45) is 0 Å². The van der Waals surface area contributed by atoms with E-state index in [1.807, 2.05) is 0 Å². The topological polar surface area (TPSA) is 145 Å². The van der Waals surface area contributed by atoms with Gasteiger partial charge in [0, 0.05) is 23.5 Å². The van der Waals surface area contributed by atoms with Crippen molar-refractivity contribution in [1.82, 2.24) is 0 Å². The highest BCUT2D eigenvalue weighted by molar-refractivity contribution is 7.93. The number of methoxy groups -OCH3 is 1. The summed E-state index contributed by atoms with van der Waals surface area (Å²) in [7, 11) is -6.51. The molecular weight excluding hydrogens is 446 g/mol. The van der Waals surface area contributed by atoms with Gasteiger partial charge in [0.25, 0.3) is 25.7 Å². The number of sulfonamides is 2. The predicted octanol–water partition coefficient (Wildman–Crippen LogP) is 3.21. The summed E-state index contributed by atoms with van der Waals surface area (Å²) < 4.78 is 59.7. The molecule has 10 nitrogen and oxygen atoms in total. The number of benzene rings is 3. The molecule has 2 N–H and O–H groups in total. The van der Waals surface area contributed by atoms with E-state index in [0.29, 0.717) is 11.4 Å². The Kier molecular flexibility index (Phi) is 6.13. The van der Waals surface area contributed by atoms with E-state index in [1.165, 1.54) is 61.7 Å². The summed E-state index contributed by atoms with van der Waals surface area (Å²) in [5.74, 6) is 0.573. The fourth-order valence-corrected chi connectivity index (χ4v) is 4.71. The molecule has 0 saturated heterocycles. The van der Waals surface area contributed by atoms with E-state index in [-0.39, 0.29) is 21.2 Å². The third-order valence-electron chi connectivity index (χ3n) is 4.10. The van der Waals surface area contributed by atoms with Crippen LogP contribution in [0.5, 0.6) is 5.75 Å². The molecule has 0 saturated carbocycles. The van der Waals surface area contributed by atoms with E-state index >= 15 is 0 Å². The van der Waals surface area contributed by atoms with E-state index in [2.05, 4.69) is 9.44 Å². The van der Waals surface area contributed by atoms with Crippen LogP contribution in [-0.2, 0) is 20.0 Å². The molecule has 3 aromatic carbocycles. The van der Waals surface area contributed by atoms with E-state index in [4.69, 9.17) is 4.74 Å².